The summed E-state index contributed by atoms with van der Waals surface area (Å²) in [5.41, 5.74) is 2.93. The van der Waals surface area contributed by atoms with Gasteiger partial charge in [0.1, 0.15) is 18.1 Å². The van der Waals surface area contributed by atoms with Crippen molar-refractivity contribution in [2.24, 2.45) is 0 Å². The third-order valence-electron chi connectivity index (χ3n) is 5.88. The average Bonchev–Trinajstić information content (AvgIpc) is 2.89. The van der Waals surface area contributed by atoms with Gasteiger partial charge in [0.05, 0.1) is 12.8 Å². The Balaban J connectivity index is 1.25. The third kappa shape index (κ3) is 6.26. The van der Waals surface area contributed by atoms with Gasteiger partial charge in [0.25, 0.3) is 5.91 Å². The smallest absolute Gasteiger partial charge is 0.251 e. The van der Waals surface area contributed by atoms with Crippen molar-refractivity contribution in [2.45, 2.75) is 6.61 Å². The molecule has 0 spiro atoms. The Labute approximate surface area is 195 Å². The minimum Gasteiger partial charge on any atom is -0.497 e. The van der Waals surface area contributed by atoms with Gasteiger partial charge in [0.2, 0.25) is 0 Å². The molecule has 33 heavy (non-hydrogen) atoms. The molecule has 6 heteroatoms. The minimum atomic E-state index is -0.0165. The lowest BCUT2D eigenvalue weighted by atomic mass is 10.2. The minimum absolute atomic E-state index is 0.0165. The number of carbonyl (C=O) groups is 1. The van der Waals surface area contributed by atoms with E-state index < -0.39 is 0 Å². The summed E-state index contributed by atoms with van der Waals surface area (Å²) in [6, 6.07) is 25.5. The molecule has 0 radical (unpaired) electrons. The van der Waals surface area contributed by atoms with Crippen LogP contribution in [0.15, 0.2) is 78.9 Å². The SMILES string of the molecule is COc1ccc(COc2ccccc2N2CCN(CCNC(=O)c3ccccc3)CC2)cc1. The number of nitrogens with one attached hydrogen (secondary N) is 1. The molecule has 1 N–H and O–H groups in total. The molecule has 3 aromatic rings. The molecule has 1 amide bonds. The molecule has 1 saturated heterocycles. The molecule has 0 saturated carbocycles. The van der Waals surface area contributed by atoms with Crippen molar-refractivity contribution in [3.05, 3.63) is 90.0 Å². The number of anilines is 1. The maximum atomic E-state index is 12.2. The van der Waals surface area contributed by atoms with Gasteiger partial charge in [0, 0.05) is 44.8 Å². The Morgan fingerprint density at radius 2 is 1.58 bits per heavy atom. The predicted octanol–water partition coefficient (Wildman–Crippen LogP) is 3.83. The second-order valence-corrected chi connectivity index (χ2v) is 8.06. The van der Waals surface area contributed by atoms with Crippen molar-refractivity contribution in [3.8, 4) is 11.5 Å². The van der Waals surface area contributed by atoms with E-state index in [9.17, 15) is 4.79 Å². The standard InChI is InChI=1S/C27H31N3O3/c1-32-24-13-11-22(12-14-24)21-33-26-10-6-5-9-25(26)30-19-17-29(18-20-30)16-15-28-27(31)23-7-3-2-4-8-23/h2-14H,15-21H2,1H3,(H,28,31). The lowest BCUT2D eigenvalue weighted by Gasteiger charge is -2.36. The van der Waals surface area contributed by atoms with Crippen LogP contribution in [0.5, 0.6) is 11.5 Å². The number of ether oxygens (including phenoxy) is 2. The highest BCUT2D eigenvalue weighted by molar-refractivity contribution is 5.94. The maximum absolute atomic E-state index is 12.2. The Morgan fingerprint density at radius 1 is 0.879 bits per heavy atom. The Bertz CT molecular complexity index is 1020. The summed E-state index contributed by atoms with van der Waals surface area (Å²) in [4.78, 5) is 17.0. The zero-order valence-electron chi connectivity index (χ0n) is 19.1. The first-order chi connectivity index (χ1) is 16.2. The van der Waals surface area contributed by atoms with Gasteiger partial charge in [-0.05, 0) is 42.0 Å². The Morgan fingerprint density at radius 3 is 2.30 bits per heavy atom. The number of nitrogens with zero attached hydrogens (tertiary/aromatic N) is 2. The lowest BCUT2D eigenvalue weighted by Crippen LogP contribution is -2.48. The van der Waals surface area contributed by atoms with Crippen LogP contribution in [0.2, 0.25) is 0 Å². The van der Waals surface area contributed by atoms with Crippen molar-refractivity contribution >= 4 is 11.6 Å². The van der Waals surface area contributed by atoms with E-state index in [0.717, 1.165) is 55.5 Å². The molecule has 1 aliphatic heterocycles. The van der Waals surface area contributed by atoms with Crippen molar-refractivity contribution in [2.75, 3.05) is 51.3 Å². The molecule has 6 nitrogen and oxygen atoms in total. The van der Waals surface area contributed by atoms with Gasteiger partial charge < -0.3 is 19.7 Å². The predicted molar refractivity (Wildman–Crippen MR) is 131 cm³/mol. The van der Waals surface area contributed by atoms with E-state index in [0.29, 0.717) is 18.7 Å². The summed E-state index contributed by atoms with van der Waals surface area (Å²) in [6.07, 6.45) is 0. The van der Waals surface area contributed by atoms with Crippen molar-refractivity contribution < 1.29 is 14.3 Å². The number of rotatable bonds is 9. The number of hydrogen-bond acceptors (Lipinski definition) is 5. The van der Waals surface area contributed by atoms with Crippen LogP contribution in [0.25, 0.3) is 0 Å². The normalized spacial score (nSPS) is 14.0. The van der Waals surface area contributed by atoms with Gasteiger partial charge in [-0.15, -0.1) is 0 Å². The van der Waals surface area contributed by atoms with Crippen LogP contribution in [0.4, 0.5) is 5.69 Å². The highest BCUT2D eigenvalue weighted by Gasteiger charge is 2.19. The van der Waals surface area contributed by atoms with Crippen LogP contribution >= 0.6 is 0 Å². The van der Waals surface area contributed by atoms with E-state index in [2.05, 4.69) is 27.2 Å². The molecule has 1 aliphatic rings. The molecule has 4 rings (SSSR count). The van der Waals surface area contributed by atoms with E-state index in [1.165, 1.54) is 0 Å². The topological polar surface area (TPSA) is 54.0 Å². The zero-order valence-corrected chi connectivity index (χ0v) is 19.1. The number of methoxy groups -OCH3 is 1. The molecule has 172 valence electrons. The monoisotopic (exact) mass is 445 g/mol. The third-order valence-corrected chi connectivity index (χ3v) is 5.88. The molecule has 0 aromatic heterocycles. The highest BCUT2D eigenvalue weighted by atomic mass is 16.5. The summed E-state index contributed by atoms with van der Waals surface area (Å²) in [5.74, 6) is 1.73. The fraction of sp³-hybridized carbons (Fsp3) is 0.296. The van der Waals surface area contributed by atoms with Gasteiger partial charge >= 0.3 is 0 Å². The zero-order chi connectivity index (χ0) is 22.9. The number of amides is 1. The fourth-order valence-electron chi connectivity index (χ4n) is 3.95. The van der Waals surface area contributed by atoms with E-state index >= 15 is 0 Å². The number of benzene rings is 3. The summed E-state index contributed by atoms with van der Waals surface area (Å²) in [5, 5.41) is 3.02. The fourth-order valence-corrected chi connectivity index (χ4v) is 3.95. The Hall–Kier alpha value is -3.51. The quantitative estimate of drug-likeness (QED) is 0.543. The van der Waals surface area contributed by atoms with Crippen LogP contribution in [0.1, 0.15) is 15.9 Å². The van der Waals surface area contributed by atoms with Gasteiger partial charge in [-0.25, -0.2) is 0 Å². The second-order valence-electron chi connectivity index (χ2n) is 8.06. The van der Waals surface area contributed by atoms with Crippen LogP contribution in [0.3, 0.4) is 0 Å². The molecule has 0 aliphatic carbocycles. The van der Waals surface area contributed by atoms with E-state index in [1.54, 1.807) is 7.11 Å². The molecule has 0 unspecified atom stereocenters. The van der Waals surface area contributed by atoms with E-state index in [1.807, 2.05) is 66.7 Å². The van der Waals surface area contributed by atoms with Gasteiger partial charge in [-0.1, -0.05) is 42.5 Å². The molecule has 0 bridgehead atoms. The van der Waals surface area contributed by atoms with Crippen LogP contribution in [-0.4, -0.2) is 57.2 Å². The van der Waals surface area contributed by atoms with Crippen molar-refractivity contribution in [1.29, 1.82) is 0 Å². The second kappa shape index (κ2) is 11.4. The first-order valence-electron chi connectivity index (χ1n) is 11.4. The Kier molecular flexibility index (Phi) is 7.82. The molecule has 3 aromatic carbocycles. The van der Waals surface area contributed by atoms with Gasteiger partial charge in [-0.3, -0.25) is 9.69 Å². The van der Waals surface area contributed by atoms with E-state index in [4.69, 9.17) is 9.47 Å². The largest absolute Gasteiger partial charge is 0.497 e. The molecule has 1 fully saturated rings. The lowest BCUT2D eigenvalue weighted by molar-refractivity contribution is 0.0947. The van der Waals surface area contributed by atoms with Gasteiger partial charge in [-0.2, -0.15) is 0 Å². The summed E-state index contributed by atoms with van der Waals surface area (Å²) in [6.45, 7) is 5.77. The van der Waals surface area contributed by atoms with Crippen molar-refractivity contribution in [3.63, 3.8) is 0 Å². The molecule has 1 heterocycles. The number of carbonyl (C=O) groups excluding carboxylic acids is 1. The highest BCUT2D eigenvalue weighted by Crippen LogP contribution is 2.29. The van der Waals surface area contributed by atoms with Crippen LogP contribution in [0, 0.1) is 0 Å². The van der Waals surface area contributed by atoms with Crippen LogP contribution in [-0.2, 0) is 6.61 Å². The molecular weight excluding hydrogens is 414 g/mol. The van der Waals surface area contributed by atoms with Gasteiger partial charge in [0.15, 0.2) is 0 Å². The number of piperazine rings is 1. The van der Waals surface area contributed by atoms with E-state index in [-0.39, 0.29) is 5.91 Å². The molecular formula is C27H31N3O3. The number of para-hydroxylation sites is 2. The number of hydrogen-bond donors (Lipinski definition) is 1. The summed E-state index contributed by atoms with van der Waals surface area (Å²) >= 11 is 0. The summed E-state index contributed by atoms with van der Waals surface area (Å²) < 4.78 is 11.4. The maximum Gasteiger partial charge on any atom is 0.251 e. The first kappa shape index (κ1) is 22.7. The van der Waals surface area contributed by atoms with Crippen molar-refractivity contribution in [1.82, 2.24) is 10.2 Å². The molecule has 0 atom stereocenters. The van der Waals surface area contributed by atoms with Crippen LogP contribution < -0.4 is 19.7 Å². The first-order valence-corrected chi connectivity index (χ1v) is 11.4. The average molecular weight is 446 g/mol. The summed E-state index contributed by atoms with van der Waals surface area (Å²) in [7, 11) is 1.67.